The Bertz CT molecular complexity index is 635. The number of esters is 1. The standard InChI is InChI=1S/C9H17NO3S.C8H14N4O2S.H2/c1-7(4-5-14-3)9(12)10-6-8(11)13-2;1-6(3-4-15-2)8-9-10-11-12(8)5-7(13)14;/h7H,4-6H2,1-3H3,(H,10,12);6H,3-5H2,1-2H3,(H,13,14);1H/t7-;6-;/m00./s1/i;;1+1. The topological polar surface area (TPSA) is 136 Å². The lowest BCUT2D eigenvalue weighted by molar-refractivity contribution is -0.141. The molecule has 2 N–H and O–H groups in total. The second-order valence-corrected chi connectivity index (χ2v) is 8.22. The van der Waals surface area contributed by atoms with E-state index >= 15 is 0 Å². The van der Waals surface area contributed by atoms with Crippen molar-refractivity contribution in [3.05, 3.63) is 5.82 Å². The highest BCUT2D eigenvalue weighted by atomic mass is 32.2. The molecule has 0 radical (unpaired) electrons. The van der Waals surface area contributed by atoms with Crippen LogP contribution in [0.5, 0.6) is 0 Å². The van der Waals surface area contributed by atoms with E-state index in [9.17, 15) is 14.4 Å². The molecule has 0 aromatic carbocycles. The van der Waals surface area contributed by atoms with Crippen LogP contribution in [-0.4, -0.2) is 80.8 Å². The van der Waals surface area contributed by atoms with Gasteiger partial charge in [-0.1, -0.05) is 13.8 Å². The van der Waals surface area contributed by atoms with Gasteiger partial charge < -0.3 is 15.2 Å². The van der Waals surface area contributed by atoms with Crippen molar-refractivity contribution in [2.75, 3.05) is 37.7 Å². The lowest BCUT2D eigenvalue weighted by Gasteiger charge is -2.10. The van der Waals surface area contributed by atoms with E-state index in [1.807, 2.05) is 26.4 Å². The van der Waals surface area contributed by atoms with Crippen molar-refractivity contribution in [1.29, 1.82) is 0 Å². The highest BCUT2D eigenvalue weighted by molar-refractivity contribution is 7.98. The number of tetrazole rings is 1. The van der Waals surface area contributed by atoms with Gasteiger partial charge in [-0.2, -0.15) is 23.5 Å². The molecule has 1 aromatic rings. The summed E-state index contributed by atoms with van der Waals surface area (Å²) in [6, 6.07) is 0. The molecule has 1 heterocycles. The molecule has 0 aliphatic heterocycles. The zero-order valence-electron chi connectivity index (χ0n) is 17.6. The van der Waals surface area contributed by atoms with Crippen LogP contribution in [0.4, 0.5) is 0 Å². The lowest BCUT2D eigenvalue weighted by Crippen LogP contribution is -2.34. The van der Waals surface area contributed by atoms with Crippen LogP contribution in [0.15, 0.2) is 0 Å². The van der Waals surface area contributed by atoms with E-state index in [2.05, 4.69) is 25.6 Å². The van der Waals surface area contributed by atoms with Crippen LogP contribution in [0, 0.1) is 5.92 Å². The summed E-state index contributed by atoms with van der Waals surface area (Å²) in [7, 11) is 1.30. The summed E-state index contributed by atoms with van der Waals surface area (Å²) in [4.78, 5) is 32.6. The SMILES string of the molecule is COC(=O)CNC(=O)[C@@H](C)CCSC.CSCC[C@H](C)c1nnnn1CC(=O)O.[2HH]. The molecule has 0 spiro atoms. The van der Waals surface area contributed by atoms with Crippen molar-refractivity contribution in [3.63, 3.8) is 0 Å². The third-order valence-corrected chi connectivity index (χ3v) is 5.17. The number of aromatic nitrogens is 4. The first-order valence-electron chi connectivity index (χ1n) is 9.06. The minimum Gasteiger partial charge on any atom is -0.480 e. The Morgan fingerprint density at radius 1 is 1.21 bits per heavy atom. The maximum absolute atomic E-state index is 11.3. The lowest BCUT2D eigenvalue weighted by atomic mass is 10.1. The number of hydrogen-bond acceptors (Lipinski definition) is 9. The van der Waals surface area contributed by atoms with Crippen LogP contribution in [0.3, 0.4) is 0 Å². The number of aliphatic carboxylic acids is 1. The average Bonchev–Trinajstić information content (AvgIpc) is 3.15. The molecule has 168 valence electrons. The third kappa shape index (κ3) is 12.4. The number of carboxylic acids is 1. The molecule has 0 aliphatic rings. The van der Waals surface area contributed by atoms with Gasteiger partial charge in [-0.15, -0.1) is 5.10 Å². The maximum atomic E-state index is 11.3. The van der Waals surface area contributed by atoms with Crippen LogP contribution in [0.2, 0.25) is 0 Å². The second kappa shape index (κ2) is 16.0. The fourth-order valence-corrected chi connectivity index (χ4v) is 3.24. The van der Waals surface area contributed by atoms with E-state index in [1.165, 1.54) is 11.8 Å². The summed E-state index contributed by atoms with van der Waals surface area (Å²) in [6.45, 7) is 3.63. The van der Waals surface area contributed by atoms with Crippen molar-refractivity contribution in [2.24, 2.45) is 5.92 Å². The zero-order chi connectivity index (χ0) is 22.2. The number of nitrogens with zero attached hydrogens (tertiary/aromatic N) is 4. The van der Waals surface area contributed by atoms with Crippen molar-refractivity contribution in [1.82, 2.24) is 25.5 Å². The third-order valence-electron chi connectivity index (χ3n) is 3.88. The molecule has 0 unspecified atom stereocenters. The molecule has 2 atom stereocenters. The quantitative estimate of drug-likeness (QED) is 0.449. The molecule has 0 saturated heterocycles. The summed E-state index contributed by atoms with van der Waals surface area (Å²) in [5.74, 6) is 1.30. The summed E-state index contributed by atoms with van der Waals surface area (Å²) in [6.07, 6.45) is 5.81. The fourth-order valence-electron chi connectivity index (χ4n) is 2.06. The van der Waals surface area contributed by atoms with Gasteiger partial charge in [0.2, 0.25) is 5.91 Å². The molecular weight excluding hydrogens is 418 g/mol. The first-order chi connectivity index (χ1) is 13.8. The van der Waals surface area contributed by atoms with E-state index in [0.29, 0.717) is 5.82 Å². The largest absolute Gasteiger partial charge is 0.480 e. The maximum Gasteiger partial charge on any atom is 0.325 e. The average molecular weight is 453 g/mol. The molecule has 12 heteroatoms. The molecule has 1 amide bonds. The van der Waals surface area contributed by atoms with Gasteiger partial charge in [0.05, 0.1) is 7.11 Å². The smallest absolute Gasteiger partial charge is 0.325 e. The van der Waals surface area contributed by atoms with Crippen LogP contribution in [-0.2, 0) is 25.7 Å². The summed E-state index contributed by atoms with van der Waals surface area (Å²) in [5.41, 5.74) is 0. The number of carbonyl (C=O) groups is 3. The molecule has 1 aromatic heterocycles. The fraction of sp³-hybridized carbons (Fsp3) is 0.765. The number of amides is 1. The molecule has 10 nitrogen and oxygen atoms in total. The van der Waals surface area contributed by atoms with Crippen LogP contribution >= 0.6 is 23.5 Å². The van der Waals surface area contributed by atoms with Crippen molar-refractivity contribution in [2.45, 2.75) is 39.2 Å². The second-order valence-electron chi connectivity index (χ2n) is 6.25. The Morgan fingerprint density at radius 2 is 1.83 bits per heavy atom. The van der Waals surface area contributed by atoms with E-state index < -0.39 is 11.9 Å². The number of hydrogen-bond donors (Lipinski definition) is 2. The van der Waals surface area contributed by atoms with Crippen molar-refractivity contribution in [3.8, 4) is 0 Å². The highest BCUT2D eigenvalue weighted by Crippen LogP contribution is 2.17. The minimum atomic E-state index is -0.930. The molecule has 0 aliphatic carbocycles. The Balaban J connectivity index is 0. The molecule has 0 bridgehead atoms. The summed E-state index contributed by atoms with van der Waals surface area (Å²) in [5, 5.41) is 22.2. The summed E-state index contributed by atoms with van der Waals surface area (Å²) >= 11 is 3.46. The number of nitrogens with one attached hydrogen (secondary N) is 1. The number of carboxylic acid groups (broad SMARTS) is 1. The van der Waals surface area contributed by atoms with E-state index in [0.717, 1.165) is 24.3 Å². The zero-order valence-corrected chi connectivity index (χ0v) is 19.2. The van der Waals surface area contributed by atoms with E-state index in [1.54, 1.807) is 23.5 Å². The first-order valence-corrected chi connectivity index (χ1v) is 11.9. The Kier molecular flexibility index (Phi) is 15.0. The van der Waals surface area contributed by atoms with E-state index in [-0.39, 0.29) is 32.3 Å². The Hall–Kier alpha value is -1.82. The predicted octanol–water partition coefficient (Wildman–Crippen LogP) is 1.53. The van der Waals surface area contributed by atoms with Crippen molar-refractivity contribution < 1.29 is 25.7 Å². The monoisotopic (exact) mass is 452 g/mol. The predicted molar refractivity (Wildman–Crippen MR) is 116 cm³/mol. The Morgan fingerprint density at radius 3 is 2.38 bits per heavy atom. The van der Waals surface area contributed by atoms with Gasteiger partial charge in [0.25, 0.3) is 0 Å². The highest BCUT2D eigenvalue weighted by Gasteiger charge is 2.15. The molecule has 29 heavy (non-hydrogen) atoms. The van der Waals surface area contributed by atoms with Crippen LogP contribution in [0.1, 0.15) is 39.9 Å². The van der Waals surface area contributed by atoms with E-state index in [4.69, 9.17) is 5.11 Å². The van der Waals surface area contributed by atoms with Gasteiger partial charge in [0.15, 0.2) is 5.82 Å². The number of carbonyl (C=O) groups excluding carboxylic acids is 2. The number of rotatable bonds is 12. The first kappa shape index (κ1) is 27.2. The number of methoxy groups -OCH3 is 1. The van der Waals surface area contributed by atoms with Crippen molar-refractivity contribution >= 4 is 41.4 Å². The summed E-state index contributed by atoms with van der Waals surface area (Å²) < 4.78 is 5.74. The molecular formula is C17H33N5O5S2. The number of thioether (sulfide) groups is 2. The van der Waals surface area contributed by atoms with Crippen LogP contribution in [0.25, 0.3) is 0 Å². The van der Waals surface area contributed by atoms with Gasteiger partial charge in [-0.05, 0) is 47.3 Å². The van der Waals surface area contributed by atoms with Gasteiger partial charge in [0.1, 0.15) is 13.1 Å². The van der Waals surface area contributed by atoms with Gasteiger partial charge in [-0.3, -0.25) is 14.4 Å². The van der Waals surface area contributed by atoms with Crippen LogP contribution < -0.4 is 5.32 Å². The van der Waals surface area contributed by atoms with Gasteiger partial charge in [-0.25, -0.2) is 4.68 Å². The number of ether oxygens (including phenoxy) is 1. The van der Waals surface area contributed by atoms with Gasteiger partial charge in [0, 0.05) is 13.3 Å². The van der Waals surface area contributed by atoms with Gasteiger partial charge >= 0.3 is 11.9 Å². The Labute approximate surface area is 181 Å². The molecule has 0 fully saturated rings. The normalized spacial score (nSPS) is 12.3. The molecule has 1 rings (SSSR count). The molecule has 0 saturated carbocycles. The minimum absolute atomic E-state index is 0.